The normalized spacial score (nSPS) is 10.1. The van der Waals surface area contributed by atoms with Gasteiger partial charge in [0.2, 0.25) is 0 Å². The molecule has 0 atom stereocenters. The fourth-order valence-corrected chi connectivity index (χ4v) is 2.02. The first-order valence-corrected chi connectivity index (χ1v) is 6.66. The van der Waals surface area contributed by atoms with Gasteiger partial charge in [-0.2, -0.15) is 0 Å². The van der Waals surface area contributed by atoms with E-state index in [-0.39, 0.29) is 23.7 Å². The molecule has 114 valence electrons. The van der Waals surface area contributed by atoms with E-state index in [1.54, 1.807) is 30.3 Å². The summed E-state index contributed by atoms with van der Waals surface area (Å²) in [4.78, 5) is 23.4. The molecule has 0 saturated carbocycles. The van der Waals surface area contributed by atoms with Gasteiger partial charge in [0.1, 0.15) is 18.1 Å². The van der Waals surface area contributed by atoms with Crippen molar-refractivity contribution >= 4 is 11.8 Å². The number of hydrogen-bond donors (Lipinski definition) is 1. The van der Waals surface area contributed by atoms with E-state index in [0.29, 0.717) is 16.9 Å². The van der Waals surface area contributed by atoms with E-state index in [0.717, 1.165) is 0 Å². The van der Waals surface area contributed by atoms with E-state index < -0.39 is 5.97 Å². The van der Waals surface area contributed by atoms with E-state index in [1.807, 2.05) is 0 Å². The van der Waals surface area contributed by atoms with Crippen molar-refractivity contribution in [3.8, 4) is 11.5 Å². The van der Waals surface area contributed by atoms with Crippen LogP contribution >= 0.6 is 0 Å². The monoisotopic (exact) mass is 300 g/mol. The second-order valence-corrected chi connectivity index (χ2v) is 4.66. The van der Waals surface area contributed by atoms with Crippen molar-refractivity contribution in [1.82, 2.24) is 0 Å². The number of ketones is 1. The Morgan fingerprint density at radius 3 is 2.41 bits per heavy atom. The van der Waals surface area contributed by atoms with Crippen LogP contribution < -0.4 is 4.74 Å². The van der Waals surface area contributed by atoms with Gasteiger partial charge >= 0.3 is 5.97 Å². The summed E-state index contributed by atoms with van der Waals surface area (Å²) < 4.78 is 10.1. The zero-order valence-electron chi connectivity index (χ0n) is 12.3. The number of rotatable bonds is 5. The molecule has 2 rings (SSSR count). The molecular formula is C17H16O5. The number of methoxy groups -OCH3 is 1. The summed E-state index contributed by atoms with van der Waals surface area (Å²) >= 11 is 0. The van der Waals surface area contributed by atoms with E-state index in [1.165, 1.54) is 26.2 Å². The molecule has 0 fully saturated rings. The fourth-order valence-electron chi connectivity index (χ4n) is 2.02. The molecule has 0 amide bonds. The van der Waals surface area contributed by atoms with Crippen LogP contribution in [0.15, 0.2) is 42.5 Å². The molecule has 0 heterocycles. The van der Waals surface area contributed by atoms with Gasteiger partial charge in [0, 0.05) is 24.1 Å². The van der Waals surface area contributed by atoms with Gasteiger partial charge in [-0.15, -0.1) is 0 Å². The SMILES string of the molecule is COc1cc(O)c(C(=O)c2ccccc2)cc1COC(C)=O. The van der Waals surface area contributed by atoms with E-state index in [2.05, 4.69) is 0 Å². The van der Waals surface area contributed by atoms with Gasteiger partial charge in [-0.25, -0.2) is 0 Å². The summed E-state index contributed by atoms with van der Waals surface area (Å²) in [6.45, 7) is 1.26. The smallest absolute Gasteiger partial charge is 0.302 e. The highest BCUT2D eigenvalue weighted by Crippen LogP contribution is 2.30. The van der Waals surface area contributed by atoms with Gasteiger partial charge in [0.15, 0.2) is 5.78 Å². The van der Waals surface area contributed by atoms with Crippen molar-refractivity contribution in [1.29, 1.82) is 0 Å². The number of phenols is 1. The molecule has 0 radical (unpaired) electrons. The Morgan fingerprint density at radius 1 is 1.14 bits per heavy atom. The Morgan fingerprint density at radius 2 is 1.82 bits per heavy atom. The third-order valence-electron chi connectivity index (χ3n) is 3.11. The summed E-state index contributed by atoms with van der Waals surface area (Å²) in [5.74, 6) is -0.587. The number of carbonyl (C=O) groups excluding carboxylic acids is 2. The third-order valence-corrected chi connectivity index (χ3v) is 3.11. The van der Waals surface area contributed by atoms with E-state index in [4.69, 9.17) is 9.47 Å². The predicted octanol–water partition coefficient (Wildman–Crippen LogP) is 2.69. The number of hydrogen-bond acceptors (Lipinski definition) is 5. The molecule has 0 saturated heterocycles. The maximum Gasteiger partial charge on any atom is 0.302 e. The molecule has 5 heteroatoms. The summed E-state index contributed by atoms with van der Waals surface area (Å²) in [5, 5.41) is 10.0. The summed E-state index contributed by atoms with van der Waals surface area (Å²) in [5.41, 5.74) is 1.10. The molecule has 0 spiro atoms. The predicted molar refractivity (Wildman–Crippen MR) is 80.0 cm³/mol. The Labute approximate surface area is 128 Å². The molecule has 0 aliphatic rings. The zero-order valence-corrected chi connectivity index (χ0v) is 12.3. The Kier molecular flexibility index (Phi) is 4.78. The Bertz CT molecular complexity index is 692. The Balaban J connectivity index is 2.41. The topological polar surface area (TPSA) is 72.8 Å². The maximum absolute atomic E-state index is 12.4. The largest absolute Gasteiger partial charge is 0.507 e. The third kappa shape index (κ3) is 3.44. The number of aromatic hydroxyl groups is 1. The lowest BCUT2D eigenvalue weighted by Gasteiger charge is -2.12. The van der Waals surface area contributed by atoms with Gasteiger partial charge in [0.05, 0.1) is 12.7 Å². The molecular weight excluding hydrogens is 284 g/mol. The standard InChI is InChI=1S/C17H16O5/c1-11(18)22-10-13-8-14(15(19)9-16(13)21-2)17(20)12-6-4-3-5-7-12/h3-9,19H,10H2,1-2H3. The molecule has 1 N–H and O–H groups in total. The van der Waals surface area contributed by atoms with Crippen LogP contribution in [0.5, 0.6) is 11.5 Å². The van der Waals surface area contributed by atoms with Gasteiger partial charge in [0.25, 0.3) is 0 Å². The highest BCUT2D eigenvalue weighted by atomic mass is 16.5. The van der Waals surface area contributed by atoms with Crippen LogP contribution in [0.4, 0.5) is 0 Å². The number of ether oxygens (including phenoxy) is 2. The van der Waals surface area contributed by atoms with E-state index in [9.17, 15) is 14.7 Å². The summed E-state index contributed by atoms with van der Waals surface area (Å²) in [6.07, 6.45) is 0. The number of carbonyl (C=O) groups is 2. The van der Waals surface area contributed by atoms with E-state index >= 15 is 0 Å². The van der Waals surface area contributed by atoms with Crippen molar-refractivity contribution in [3.05, 3.63) is 59.2 Å². The fraction of sp³-hybridized carbons (Fsp3) is 0.176. The van der Waals surface area contributed by atoms with Crippen LogP contribution in [0, 0.1) is 0 Å². The minimum Gasteiger partial charge on any atom is -0.507 e. The second-order valence-electron chi connectivity index (χ2n) is 4.66. The molecule has 5 nitrogen and oxygen atoms in total. The zero-order chi connectivity index (χ0) is 16.1. The van der Waals surface area contributed by atoms with Crippen LogP contribution in [0.25, 0.3) is 0 Å². The lowest BCUT2D eigenvalue weighted by molar-refractivity contribution is -0.142. The second kappa shape index (κ2) is 6.76. The molecule has 0 aromatic heterocycles. The van der Waals surface area contributed by atoms with Gasteiger partial charge in [-0.1, -0.05) is 30.3 Å². The van der Waals surface area contributed by atoms with Crippen molar-refractivity contribution in [2.24, 2.45) is 0 Å². The van der Waals surface area contributed by atoms with Crippen LogP contribution in [0.1, 0.15) is 28.4 Å². The first-order chi connectivity index (χ1) is 10.5. The van der Waals surface area contributed by atoms with Gasteiger partial charge in [-0.05, 0) is 6.07 Å². The van der Waals surface area contributed by atoms with Crippen molar-refractivity contribution < 1.29 is 24.2 Å². The van der Waals surface area contributed by atoms with Gasteiger partial charge in [-0.3, -0.25) is 9.59 Å². The average Bonchev–Trinajstić information content (AvgIpc) is 2.53. The lowest BCUT2D eigenvalue weighted by Crippen LogP contribution is -2.06. The quantitative estimate of drug-likeness (QED) is 0.679. The van der Waals surface area contributed by atoms with Crippen molar-refractivity contribution in [2.45, 2.75) is 13.5 Å². The highest BCUT2D eigenvalue weighted by molar-refractivity contribution is 6.10. The maximum atomic E-state index is 12.4. The van der Waals surface area contributed by atoms with Crippen molar-refractivity contribution in [3.63, 3.8) is 0 Å². The van der Waals surface area contributed by atoms with Crippen LogP contribution in [0.3, 0.4) is 0 Å². The minimum atomic E-state index is -0.439. The van der Waals surface area contributed by atoms with Crippen LogP contribution in [-0.4, -0.2) is 24.0 Å². The first kappa shape index (κ1) is 15.6. The first-order valence-electron chi connectivity index (χ1n) is 6.66. The lowest BCUT2D eigenvalue weighted by atomic mass is 10.00. The number of esters is 1. The minimum absolute atomic E-state index is 0.0339. The Hall–Kier alpha value is -2.82. The molecule has 2 aromatic rings. The molecule has 0 aliphatic heterocycles. The summed E-state index contributed by atoms with van der Waals surface area (Å²) in [6, 6.07) is 11.4. The van der Waals surface area contributed by atoms with Gasteiger partial charge < -0.3 is 14.6 Å². The molecule has 22 heavy (non-hydrogen) atoms. The van der Waals surface area contributed by atoms with Crippen LogP contribution in [0.2, 0.25) is 0 Å². The average molecular weight is 300 g/mol. The number of benzene rings is 2. The highest BCUT2D eigenvalue weighted by Gasteiger charge is 2.17. The molecule has 0 unspecified atom stereocenters. The van der Waals surface area contributed by atoms with Crippen LogP contribution in [-0.2, 0) is 16.1 Å². The molecule has 0 aliphatic carbocycles. The molecule has 0 bridgehead atoms. The summed E-state index contributed by atoms with van der Waals surface area (Å²) in [7, 11) is 1.44. The van der Waals surface area contributed by atoms with Crippen molar-refractivity contribution in [2.75, 3.05) is 7.11 Å². The molecule has 2 aromatic carbocycles. The number of phenolic OH excluding ortho intramolecular Hbond substituents is 1.